The van der Waals surface area contributed by atoms with Crippen molar-refractivity contribution in [1.82, 2.24) is 29.9 Å². The first-order chi connectivity index (χ1) is 15.3. The Morgan fingerprint density at radius 2 is 0.676 bits per heavy atom. The fraction of sp³-hybridized carbons (Fsp3) is 0. The van der Waals surface area contributed by atoms with Crippen LogP contribution in [0.1, 0.15) is 31.5 Å². The van der Waals surface area contributed by atoms with E-state index in [1.54, 1.807) is 0 Å². The van der Waals surface area contributed by atoms with Crippen LogP contribution in [0.15, 0.2) is 47.0 Å². The van der Waals surface area contributed by atoms with Gasteiger partial charge in [0, 0.05) is 18.2 Å². The Hall–Kier alpha value is -5.03. The van der Waals surface area contributed by atoms with E-state index in [2.05, 4.69) is 0 Å². The molecule has 0 aliphatic carbocycles. The zero-order valence-corrected chi connectivity index (χ0v) is 17.1. The number of carbonyl (C=O) groups is 3. The molecule has 0 amide bonds. The monoisotopic (exact) mass is 521 g/mol. The van der Waals surface area contributed by atoms with Gasteiger partial charge in [-0.2, -0.15) is 0 Å². The Morgan fingerprint density at radius 1 is 0.471 bits per heavy atom. The number of aromatic carboxylic acids is 3. The number of nitrogens with one attached hydrogen (secondary N) is 6. The minimum atomic E-state index is -1.59. The Morgan fingerprint density at radius 3 is 0.824 bits per heavy atom. The van der Waals surface area contributed by atoms with Crippen molar-refractivity contribution < 1.29 is 46.8 Å². The largest absolute Gasteiger partial charge is 3.00 e. The zero-order valence-electron chi connectivity index (χ0n) is 16.0. The van der Waals surface area contributed by atoms with E-state index in [-0.39, 0.29) is 17.1 Å². The Kier molecular flexibility index (Phi) is 10.9. The van der Waals surface area contributed by atoms with Crippen molar-refractivity contribution in [3.8, 4) is 0 Å². The molecule has 0 atom stereocenters. The summed E-state index contributed by atoms with van der Waals surface area (Å²) in [4.78, 5) is 104. The van der Waals surface area contributed by atoms with Crippen molar-refractivity contribution in [2.75, 3.05) is 0 Å². The molecule has 0 spiro atoms. The summed E-state index contributed by atoms with van der Waals surface area (Å²) in [6.45, 7) is 0. The maximum atomic E-state index is 10.4. The van der Waals surface area contributed by atoms with Crippen LogP contribution >= 0.6 is 0 Å². The summed E-state index contributed by atoms with van der Waals surface area (Å²) in [6.07, 6.45) is 0. The maximum absolute atomic E-state index is 10.4. The number of carboxylic acid groups (broad SMARTS) is 3. The number of carboxylic acids is 3. The van der Waals surface area contributed by atoms with Gasteiger partial charge in [-0.05, 0) is 0 Å². The normalized spacial score (nSPS) is 9.18. The van der Waals surface area contributed by atoms with Crippen LogP contribution in [0.25, 0.3) is 0 Å². The van der Waals surface area contributed by atoms with Gasteiger partial charge in [0.25, 0.3) is 16.7 Å². The number of hydrogen-bond donors (Lipinski definition) is 6. The minimum absolute atomic E-state index is 0. The summed E-state index contributed by atoms with van der Waals surface area (Å²) < 4.78 is 0. The van der Waals surface area contributed by atoms with Crippen LogP contribution < -0.4 is 49.1 Å². The first-order valence-corrected chi connectivity index (χ1v) is 7.93. The molecule has 0 bridgehead atoms. The van der Waals surface area contributed by atoms with Crippen LogP contribution in [-0.2, 0) is 17.1 Å². The van der Waals surface area contributed by atoms with Crippen molar-refractivity contribution >= 4 is 17.9 Å². The van der Waals surface area contributed by atoms with Crippen molar-refractivity contribution in [3.63, 3.8) is 0 Å². The Balaban J connectivity index is 0.000000473. The number of aromatic amines is 6. The second-order valence-electron chi connectivity index (χ2n) is 5.37. The first-order valence-electron chi connectivity index (χ1n) is 7.93. The average molecular weight is 521 g/mol. The molecule has 3 aromatic heterocycles. The van der Waals surface area contributed by atoms with Gasteiger partial charge in [0.1, 0.15) is 0 Å². The molecule has 3 aromatic rings. The summed E-state index contributed by atoms with van der Waals surface area (Å²) in [5, 5.41) is 30.2. The molecular formula is C15H9FeN6O12. The molecule has 0 fully saturated rings. The molecule has 19 heteroatoms. The van der Waals surface area contributed by atoms with Crippen LogP contribution in [0.3, 0.4) is 0 Å². The number of carbonyl (C=O) groups excluding carboxylic acids is 3. The SMILES string of the molecule is O=C([O-])c1cc(=O)[nH]c(=O)[nH]1.O=C([O-])c1cc(=O)[nH]c(=O)[nH]1.O=C([O-])c1cc(=O)[nH]c(=O)[nH]1.[Fe+3]. The number of aromatic nitrogens is 6. The van der Waals surface area contributed by atoms with Gasteiger partial charge < -0.3 is 44.7 Å². The van der Waals surface area contributed by atoms with E-state index in [9.17, 15) is 58.5 Å². The van der Waals surface area contributed by atoms with Crippen molar-refractivity contribution in [3.05, 3.63) is 97.8 Å². The molecule has 3 heterocycles. The summed E-state index contributed by atoms with van der Waals surface area (Å²) in [5.74, 6) is -4.77. The third kappa shape index (κ3) is 9.85. The fourth-order valence-electron chi connectivity index (χ4n) is 1.74. The average Bonchev–Trinajstić information content (AvgIpc) is 2.66. The van der Waals surface area contributed by atoms with E-state index in [1.165, 1.54) is 0 Å². The van der Waals surface area contributed by atoms with Crippen molar-refractivity contribution in [2.24, 2.45) is 0 Å². The second-order valence-corrected chi connectivity index (χ2v) is 5.37. The molecule has 18 nitrogen and oxygen atoms in total. The summed E-state index contributed by atoms with van der Waals surface area (Å²) in [6, 6.07) is 2.20. The molecule has 34 heavy (non-hydrogen) atoms. The third-order valence-electron chi connectivity index (χ3n) is 2.94. The van der Waals surface area contributed by atoms with Gasteiger partial charge in [0.05, 0.1) is 35.0 Å². The quantitative estimate of drug-likeness (QED) is 0.175. The molecule has 0 unspecified atom stereocenters. The van der Waals surface area contributed by atoms with E-state index < -0.39 is 68.7 Å². The number of hydrogen-bond acceptors (Lipinski definition) is 12. The van der Waals surface area contributed by atoms with E-state index in [0.717, 1.165) is 18.2 Å². The van der Waals surface area contributed by atoms with Crippen LogP contribution in [0.4, 0.5) is 0 Å². The molecule has 0 aromatic carbocycles. The maximum Gasteiger partial charge on any atom is 3.00 e. The van der Waals surface area contributed by atoms with Gasteiger partial charge in [0.2, 0.25) is 0 Å². The Labute approximate surface area is 192 Å². The van der Waals surface area contributed by atoms with Crippen LogP contribution in [0, 0.1) is 0 Å². The van der Waals surface area contributed by atoms with Crippen LogP contribution in [-0.4, -0.2) is 47.8 Å². The van der Waals surface area contributed by atoms with E-state index in [0.29, 0.717) is 0 Å². The summed E-state index contributed by atoms with van der Waals surface area (Å²) in [7, 11) is 0. The van der Waals surface area contributed by atoms with Crippen molar-refractivity contribution in [1.29, 1.82) is 0 Å². The van der Waals surface area contributed by atoms with Gasteiger partial charge in [-0.25, -0.2) is 14.4 Å². The van der Waals surface area contributed by atoms with Crippen LogP contribution in [0.5, 0.6) is 0 Å². The second kappa shape index (κ2) is 12.7. The Bertz CT molecular complexity index is 1270. The predicted molar refractivity (Wildman–Crippen MR) is 96.0 cm³/mol. The van der Waals surface area contributed by atoms with E-state index in [4.69, 9.17) is 0 Å². The molecule has 179 valence electrons. The molecular weight excluding hydrogens is 512 g/mol. The van der Waals surface area contributed by atoms with Gasteiger partial charge >= 0.3 is 34.1 Å². The molecule has 1 radical (unpaired) electrons. The van der Waals surface area contributed by atoms with E-state index in [1.807, 2.05) is 29.9 Å². The molecule has 0 aliphatic rings. The number of H-pyrrole nitrogens is 6. The minimum Gasteiger partial charge on any atom is -0.543 e. The molecule has 0 saturated heterocycles. The van der Waals surface area contributed by atoms with Gasteiger partial charge in [0.15, 0.2) is 0 Å². The molecule has 6 N–H and O–H groups in total. The van der Waals surface area contributed by atoms with Gasteiger partial charge in [-0.3, -0.25) is 29.3 Å². The fourth-order valence-corrected chi connectivity index (χ4v) is 1.74. The third-order valence-corrected chi connectivity index (χ3v) is 2.94. The molecule has 0 saturated carbocycles. The summed E-state index contributed by atoms with van der Waals surface area (Å²) in [5.41, 5.74) is -6.49. The van der Waals surface area contributed by atoms with Crippen LogP contribution in [0.2, 0.25) is 0 Å². The summed E-state index contributed by atoms with van der Waals surface area (Å²) >= 11 is 0. The standard InChI is InChI=1S/3C5H4N2O4.Fe/c3*8-3-1-2(4(9)10)6-5(11)7-3;/h3*1H,(H,9,10)(H2,6,7,8,11);/q;;;+3/p-3. The predicted octanol–water partition coefficient (Wildman–Crippen LogP) is -7.72. The molecule has 3 rings (SSSR count). The topological polar surface area (TPSA) is 318 Å². The number of rotatable bonds is 3. The first kappa shape index (κ1) is 29.0. The van der Waals surface area contributed by atoms with E-state index >= 15 is 0 Å². The van der Waals surface area contributed by atoms with Gasteiger partial charge in [-0.1, -0.05) is 0 Å². The van der Waals surface area contributed by atoms with Gasteiger partial charge in [-0.15, -0.1) is 0 Å². The zero-order chi connectivity index (χ0) is 25.3. The smallest absolute Gasteiger partial charge is 0.543 e. The van der Waals surface area contributed by atoms with Crippen molar-refractivity contribution in [2.45, 2.75) is 0 Å². The molecule has 0 aliphatic heterocycles.